The van der Waals surface area contributed by atoms with Crippen LogP contribution in [0.1, 0.15) is 46.5 Å². The van der Waals surface area contributed by atoms with E-state index in [9.17, 15) is 4.79 Å². The number of carbonyl (C=O) groups excluding carboxylic acids is 1. The molecule has 0 aromatic carbocycles. The lowest BCUT2D eigenvalue weighted by atomic mass is 9.82. The molecular formula is C13H25N3O. The molecule has 2 atom stereocenters. The lowest BCUT2D eigenvalue weighted by Crippen LogP contribution is -2.51. The monoisotopic (exact) mass is 239 g/mol. The Hall–Kier alpha value is -0.770. The van der Waals surface area contributed by atoms with E-state index in [2.05, 4.69) is 5.32 Å². The van der Waals surface area contributed by atoms with Gasteiger partial charge < -0.3 is 16.0 Å². The van der Waals surface area contributed by atoms with E-state index in [1.807, 2.05) is 25.7 Å². The minimum absolute atomic E-state index is 0.0831. The van der Waals surface area contributed by atoms with Crippen LogP contribution in [0.15, 0.2) is 0 Å². The largest absolute Gasteiger partial charge is 0.333 e. The normalized spacial score (nSPS) is 32.7. The second kappa shape index (κ2) is 4.16. The summed E-state index contributed by atoms with van der Waals surface area (Å²) in [7, 11) is 0. The zero-order chi connectivity index (χ0) is 12.7. The van der Waals surface area contributed by atoms with Crippen molar-refractivity contribution in [1.82, 2.24) is 10.2 Å². The van der Waals surface area contributed by atoms with Crippen molar-refractivity contribution < 1.29 is 4.79 Å². The molecule has 2 fully saturated rings. The number of nitrogens with one attached hydrogen (secondary N) is 1. The number of amides is 2. The highest BCUT2D eigenvalue weighted by atomic mass is 16.2. The summed E-state index contributed by atoms with van der Waals surface area (Å²) >= 11 is 0. The fraction of sp³-hybridized carbons (Fsp3) is 0.923. The van der Waals surface area contributed by atoms with Gasteiger partial charge >= 0.3 is 6.03 Å². The summed E-state index contributed by atoms with van der Waals surface area (Å²) in [6.07, 6.45) is 4.59. The number of fused-ring (bicyclic) bond motifs is 1. The first-order valence-electron chi connectivity index (χ1n) is 6.67. The number of hydrogen-bond acceptors (Lipinski definition) is 2. The van der Waals surface area contributed by atoms with Gasteiger partial charge in [0.2, 0.25) is 0 Å². The predicted molar refractivity (Wildman–Crippen MR) is 68.7 cm³/mol. The summed E-state index contributed by atoms with van der Waals surface area (Å²) in [6, 6.07) is 0.453. The number of likely N-dealkylation sites (tertiary alicyclic amines) is 1. The van der Waals surface area contributed by atoms with Crippen molar-refractivity contribution in [2.45, 2.75) is 58.0 Å². The Labute approximate surface area is 104 Å². The first-order valence-corrected chi connectivity index (χ1v) is 6.67. The van der Waals surface area contributed by atoms with Gasteiger partial charge in [-0.2, -0.15) is 0 Å². The van der Waals surface area contributed by atoms with Gasteiger partial charge in [-0.25, -0.2) is 4.79 Å². The fourth-order valence-corrected chi connectivity index (χ4v) is 3.37. The lowest BCUT2D eigenvalue weighted by Gasteiger charge is -2.33. The van der Waals surface area contributed by atoms with Crippen LogP contribution in [0.2, 0.25) is 0 Å². The third-order valence-electron chi connectivity index (χ3n) is 4.24. The molecule has 1 saturated carbocycles. The molecule has 1 aliphatic heterocycles. The van der Waals surface area contributed by atoms with Crippen LogP contribution >= 0.6 is 0 Å². The lowest BCUT2D eigenvalue weighted by molar-refractivity contribution is 0.166. The van der Waals surface area contributed by atoms with E-state index in [1.165, 1.54) is 12.8 Å². The highest BCUT2D eigenvalue weighted by Crippen LogP contribution is 2.47. The molecule has 4 heteroatoms. The van der Waals surface area contributed by atoms with E-state index in [0.29, 0.717) is 6.04 Å². The highest BCUT2D eigenvalue weighted by Gasteiger charge is 2.51. The average Bonchev–Trinajstić information content (AvgIpc) is 2.71. The van der Waals surface area contributed by atoms with Crippen LogP contribution in [0.5, 0.6) is 0 Å². The van der Waals surface area contributed by atoms with E-state index in [-0.39, 0.29) is 17.0 Å². The third kappa shape index (κ3) is 2.28. The van der Waals surface area contributed by atoms with Gasteiger partial charge in [0.1, 0.15) is 0 Å². The smallest absolute Gasteiger partial charge is 0.318 e. The minimum atomic E-state index is -0.163. The van der Waals surface area contributed by atoms with Gasteiger partial charge in [0, 0.05) is 23.5 Å². The Balaban J connectivity index is 2.07. The van der Waals surface area contributed by atoms with Gasteiger partial charge in [-0.1, -0.05) is 6.42 Å². The Bertz CT molecular complexity index is 310. The second-order valence-electron chi connectivity index (χ2n) is 6.60. The van der Waals surface area contributed by atoms with Gasteiger partial charge in [-0.3, -0.25) is 0 Å². The van der Waals surface area contributed by atoms with Crippen molar-refractivity contribution in [3.63, 3.8) is 0 Å². The van der Waals surface area contributed by atoms with Crippen molar-refractivity contribution >= 4 is 6.03 Å². The highest BCUT2D eigenvalue weighted by molar-refractivity contribution is 5.76. The first-order chi connectivity index (χ1) is 7.88. The molecular weight excluding hydrogens is 214 g/mol. The van der Waals surface area contributed by atoms with Crippen LogP contribution < -0.4 is 11.1 Å². The van der Waals surface area contributed by atoms with Gasteiger partial charge in [0.15, 0.2) is 0 Å². The number of carbonyl (C=O) groups is 1. The standard InChI is InChI=1S/C13H25N3O/c1-12(2,3)15-11(17)16-8-7-13(9-14)6-4-5-10(13)16/h10H,4-9,14H2,1-3H3,(H,15,17)/t10-,13-/m1/s1. The van der Waals surface area contributed by atoms with E-state index < -0.39 is 0 Å². The summed E-state index contributed by atoms with van der Waals surface area (Å²) < 4.78 is 0. The van der Waals surface area contributed by atoms with Crippen LogP contribution in [0.25, 0.3) is 0 Å². The average molecular weight is 239 g/mol. The summed E-state index contributed by atoms with van der Waals surface area (Å²) in [5, 5.41) is 3.06. The molecule has 2 rings (SSSR count). The summed E-state index contributed by atoms with van der Waals surface area (Å²) in [6.45, 7) is 7.64. The maximum Gasteiger partial charge on any atom is 0.318 e. The maximum atomic E-state index is 12.2. The molecule has 1 aliphatic carbocycles. The quantitative estimate of drug-likeness (QED) is 0.731. The molecule has 2 amide bonds. The molecule has 0 spiro atoms. The van der Waals surface area contributed by atoms with Crippen molar-refractivity contribution in [3.05, 3.63) is 0 Å². The topological polar surface area (TPSA) is 58.4 Å². The molecule has 0 bridgehead atoms. The molecule has 0 radical (unpaired) electrons. The van der Waals surface area contributed by atoms with Crippen LogP contribution in [0.4, 0.5) is 4.79 Å². The minimum Gasteiger partial charge on any atom is -0.333 e. The Morgan fingerprint density at radius 1 is 1.47 bits per heavy atom. The SMILES string of the molecule is CC(C)(C)NC(=O)N1CC[C@@]2(CN)CCC[C@@H]12. The molecule has 17 heavy (non-hydrogen) atoms. The molecule has 4 nitrogen and oxygen atoms in total. The Kier molecular flexibility index (Phi) is 3.10. The molecule has 3 N–H and O–H groups in total. The van der Waals surface area contributed by atoms with Gasteiger partial charge in [0.25, 0.3) is 0 Å². The van der Waals surface area contributed by atoms with Gasteiger partial charge in [-0.05, 0) is 46.6 Å². The number of hydrogen-bond donors (Lipinski definition) is 2. The third-order valence-corrected chi connectivity index (χ3v) is 4.24. The van der Waals surface area contributed by atoms with Crippen molar-refractivity contribution in [2.75, 3.05) is 13.1 Å². The fourth-order valence-electron chi connectivity index (χ4n) is 3.37. The van der Waals surface area contributed by atoms with Crippen LogP contribution in [0, 0.1) is 5.41 Å². The van der Waals surface area contributed by atoms with Gasteiger partial charge in [-0.15, -0.1) is 0 Å². The second-order valence-corrected chi connectivity index (χ2v) is 6.60. The van der Waals surface area contributed by atoms with Crippen molar-refractivity contribution in [1.29, 1.82) is 0 Å². The molecule has 0 unspecified atom stereocenters. The molecule has 1 saturated heterocycles. The van der Waals surface area contributed by atoms with Gasteiger partial charge in [0.05, 0.1) is 0 Å². The number of nitrogens with two attached hydrogens (primary N) is 1. The Morgan fingerprint density at radius 2 is 2.18 bits per heavy atom. The molecule has 2 aliphatic rings. The summed E-state index contributed by atoms with van der Waals surface area (Å²) in [5.74, 6) is 0. The van der Waals surface area contributed by atoms with Crippen LogP contribution in [-0.2, 0) is 0 Å². The van der Waals surface area contributed by atoms with E-state index in [0.717, 1.165) is 25.9 Å². The molecule has 98 valence electrons. The van der Waals surface area contributed by atoms with E-state index in [1.54, 1.807) is 0 Å². The predicted octanol–water partition coefficient (Wildman–Crippen LogP) is 1.70. The number of nitrogens with zero attached hydrogens (tertiary/aromatic N) is 1. The zero-order valence-electron chi connectivity index (χ0n) is 11.3. The van der Waals surface area contributed by atoms with Crippen molar-refractivity contribution in [2.24, 2.45) is 11.1 Å². The first kappa shape index (κ1) is 12.7. The Morgan fingerprint density at radius 3 is 2.76 bits per heavy atom. The number of rotatable bonds is 1. The van der Waals surface area contributed by atoms with Crippen molar-refractivity contribution in [3.8, 4) is 0 Å². The molecule has 0 aromatic rings. The maximum absolute atomic E-state index is 12.2. The van der Waals surface area contributed by atoms with E-state index in [4.69, 9.17) is 5.73 Å². The van der Waals surface area contributed by atoms with E-state index >= 15 is 0 Å². The van der Waals surface area contributed by atoms with Crippen LogP contribution in [0.3, 0.4) is 0 Å². The molecule has 0 aromatic heterocycles. The summed E-state index contributed by atoms with van der Waals surface area (Å²) in [4.78, 5) is 14.3. The summed E-state index contributed by atoms with van der Waals surface area (Å²) in [5.41, 5.74) is 6.00. The zero-order valence-corrected chi connectivity index (χ0v) is 11.3. The number of urea groups is 1. The molecule has 1 heterocycles. The van der Waals surface area contributed by atoms with Crippen LogP contribution in [-0.4, -0.2) is 35.6 Å².